The van der Waals surface area contributed by atoms with Crippen molar-refractivity contribution in [2.45, 2.75) is 18.9 Å². The normalized spacial score (nSPS) is 12.3. The van der Waals surface area contributed by atoms with Gasteiger partial charge in [0, 0.05) is 16.7 Å². The Balaban J connectivity index is 2.09. The molecule has 4 nitrogen and oxygen atoms in total. The molecular formula is C14H17BrN4. The van der Waals surface area contributed by atoms with Gasteiger partial charge in [-0.2, -0.15) is 0 Å². The van der Waals surface area contributed by atoms with Crippen molar-refractivity contribution in [3.8, 4) is 0 Å². The van der Waals surface area contributed by atoms with Crippen LogP contribution in [0.15, 0.2) is 47.1 Å². The van der Waals surface area contributed by atoms with Crippen LogP contribution in [0, 0.1) is 0 Å². The van der Waals surface area contributed by atoms with Crippen molar-refractivity contribution in [3.63, 3.8) is 0 Å². The van der Waals surface area contributed by atoms with E-state index in [4.69, 9.17) is 11.6 Å². The summed E-state index contributed by atoms with van der Waals surface area (Å²) in [5.74, 6) is 6.21. The van der Waals surface area contributed by atoms with Gasteiger partial charge in [0.1, 0.15) is 5.82 Å². The minimum Gasteiger partial charge on any atom is -0.383 e. The number of nitrogens with two attached hydrogens (primary N) is 2. The number of hydrogen-bond donors (Lipinski definition) is 3. The van der Waals surface area contributed by atoms with Gasteiger partial charge < -0.3 is 5.73 Å². The Morgan fingerprint density at radius 3 is 2.47 bits per heavy atom. The van der Waals surface area contributed by atoms with Gasteiger partial charge >= 0.3 is 0 Å². The van der Waals surface area contributed by atoms with E-state index in [1.165, 1.54) is 5.56 Å². The average molecular weight is 321 g/mol. The van der Waals surface area contributed by atoms with Crippen LogP contribution < -0.4 is 17.0 Å². The molecule has 0 aliphatic heterocycles. The van der Waals surface area contributed by atoms with E-state index < -0.39 is 0 Å². The highest BCUT2D eigenvalue weighted by Gasteiger charge is 2.12. The summed E-state index contributed by atoms with van der Waals surface area (Å²) in [6.07, 6.45) is 3.27. The van der Waals surface area contributed by atoms with Gasteiger partial charge in [-0.3, -0.25) is 11.3 Å². The third-order valence-electron chi connectivity index (χ3n) is 3.05. The maximum atomic E-state index is 5.86. The van der Waals surface area contributed by atoms with E-state index in [1.807, 2.05) is 30.3 Å². The monoisotopic (exact) mass is 320 g/mol. The number of rotatable bonds is 5. The number of halogens is 1. The highest BCUT2D eigenvalue weighted by atomic mass is 79.9. The molecule has 0 aliphatic carbocycles. The summed E-state index contributed by atoms with van der Waals surface area (Å²) >= 11 is 3.55. The minimum atomic E-state index is 0.116. The van der Waals surface area contributed by atoms with Gasteiger partial charge in [-0.05, 0) is 36.1 Å². The third-order valence-corrected chi connectivity index (χ3v) is 3.83. The van der Waals surface area contributed by atoms with Crippen molar-refractivity contribution in [2.24, 2.45) is 5.84 Å². The van der Waals surface area contributed by atoms with Crippen LogP contribution in [0.4, 0.5) is 5.82 Å². The van der Waals surface area contributed by atoms with Crippen molar-refractivity contribution < 1.29 is 0 Å². The topological polar surface area (TPSA) is 77.0 Å². The number of hydrazine groups is 1. The lowest BCUT2D eigenvalue weighted by Gasteiger charge is -2.17. The molecular weight excluding hydrogens is 304 g/mol. The second-order valence-corrected chi connectivity index (χ2v) is 5.27. The molecule has 0 spiro atoms. The molecule has 2 rings (SSSR count). The van der Waals surface area contributed by atoms with Crippen LogP contribution in [0.3, 0.4) is 0 Å². The largest absolute Gasteiger partial charge is 0.383 e. The first kappa shape index (κ1) is 14.0. The van der Waals surface area contributed by atoms with Crippen LogP contribution in [0.5, 0.6) is 0 Å². The van der Waals surface area contributed by atoms with Crippen LogP contribution in [0.1, 0.15) is 11.1 Å². The van der Waals surface area contributed by atoms with E-state index >= 15 is 0 Å². The molecule has 1 unspecified atom stereocenters. The van der Waals surface area contributed by atoms with Crippen LogP contribution in [0.25, 0.3) is 0 Å². The highest BCUT2D eigenvalue weighted by Crippen LogP contribution is 2.19. The first-order chi connectivity index (χ1) is 9.20. The van der Waals surface area contributed by atoms with Crippen molar-refractivity contribution in [2.75, 3.05) is 5.73 Å². The molecule has 1 aromatic heterocycles. The summed E-state index contributed by atoms with van der Waals surface area (Å²) in [5.41, 5.74) is 10.9. The number of nitrogens with one attached hydrogen (secondary N) is 1. The molecule has 0 amide bonds. The number of aromatic nitrogens is 1. The number of hydrogen-bond acceptors (Lipinski definition) is 4. The maximum Gasteiger partial charge on any atom is 0.126 e. The Morgan fingerprint density at radius 2 is 1.79 bits per heavy atom. The van der Waals surface area contributed by atoms with E-state index in [1.54, 1.807) is 6.20 Å². The fourth-order valence-corrected chi connectivity index (χ4v) is 2.45. The summed E-state index contributed by atoms with van der Waals surface area (Å²) in [4.78, 5) is 4.09. The van der Waals surface area contributed by atoms with E-state index in [2.05, 4.69) is 32.4 Å². The molecule has 0 fully saturated rings. The van der Waals surface area contributed by atoms with E-state index in [-0.39, 0.29) is 6.04 Å². The number of pyridine rings is 1. The van der Waals surface area contributed by atoms with Crippen molar-refractivity contribution >= 4 is 21.7 Å². The quantitative estimate of drug-likeness (QED) is 0.582. The molecule has 1 heterocycles. The summed E-state index contributed by atoms with van der Waals surface area (Å²) < 4.78 is 1.09. The fraction of sp³-hybridized carbons (Fsp3) is 0.214. The first-order valence-electron chi connectivity index (χ1n) is 6.09. The van der Waals surface area contributed by atoms with E-state index in [9.17, 15) is 0 Å². The molecule has 0 aliphatic rings. The van der Waals surface area contributed by atoms with Crippen LogP contribution in [0.2, 0.25) is 0 Å². The molecule has 0 saturated carbocycles. The molecule has 0 radical (unpaired) electrons. The molecule has 2 aromatic rings. The van der Waals surface area contributed by atoms with Crippen molar-refractivity contribution in [3.05, 3.63) is 58.2 Å². The zero-order chi connectivity index (χ0) is 13.7. The zero-order valence-electron chi connectivity index (χ0n) is 10.5. The molecule has 100 valence electrons. The Labute approximate surface area is 121 Å². The van der Waals surface area contributed by atoms with Gasteiger partial charge in [0.05, 0.1) is 0 Å². The molecule has 19 heavy (non-hydrogen) atoms. The van der Waals surface area contributed by atoms with E-state index in [0.29, 0.717) is 5.82 Å². The second kappa shape index (κ2) is 6.65. The van der Waals surface area contributed by atoms with Crippen molar-refractivity contribution in [1.82, 2.24) is 10.4 Å². The second-order valence-electron chi connectivity index (χ2n) is 4.41. The van der Waals surface area contributed by atoms with Gasteiger partial charge in [0.15, 0.2) is 0 Å². The predicted octanol–water partition coefficient (Wildman–Crippen LogP) is 2.04. The summed E-state index contributed by atoms with van der Waals surface area (Å²) in [6.45, 7) is 0. The fourth-order valence-electron chi connectivity index (χ4n) is 2.01. The minimum absolute atomic E-state index is 0.116. The predicted molar refractivity (Wildman–Crippen MR) is 81.3 cm³/mol. The van der Waals surface area contributed by atoms with Crippen LogP contribution in [-0.2, 0) is 12.8 Å². The zero-order valence-corrected chi connectivity index (χ0v) is 12.1. The lowest BCUT2D eigenvalue weighted by Crippen LogP contribution is -2.38. The molecule has 0 saturated heterocycles. The maximum absolute atomic E-state index is 5.86. The summed E-state index contributed by atoms with van der Waals surface area (Å²) in [5, 5.41) is 0. The lowest BCUT2D eigenvalue weighted by atomic mass is 10.00. The van der Waals surface area contributed by atoms with Crippen LogP contribution in [-0.4, -0.2) is 11.0 Å². The molecule has 0 bridgehead atoms. The first-order valence-corrected chi connectivity index (χ1v) is 6.89. The summed E-state index contributed by atoms with van der Waals surface area (Å²) in [7, 11) is 0. The Bertz CT molecular complexity index is 497. The number of nitrogens with zero attached hydrogens (tertiary/aromatic N) is 1. The van der Waals surface area contributed by atoms with Crippen molar-refractivity contribution in [1.29, 1.82) is 0 Å². The molecule has 5 heteroatoms. The molecule has 5 N–H and O–H groups in total. The highest BCUT2D eigenvalue weighted by molar-refractivity contribution is 9.10. The number of nitrogen functional groups attached to an aromatic ring is 1. The Morgan fingerprint density at radius 1 is 1.11 bits per heavy atom. The van der Waals surface area contributed by atoms with Gasteiger partial charge in [-0.25, -0.2) is 4.98 Å². The number of benzene rings is 1. The van der Waals surface area contributed by atoms with Gasteiger partial charge in [-0.15, -0.1) is 0 Å². The average Bonchev–Trinajstić information content (AvgIpc) is 2.42. The van der Waals surface area contributed by atoms with Gasteiger partial charge in [0.2, 0.25) is 0 Å². The Hall–Kier alpha value is -1.43. The summed E-state index contributed by atoms with van der Waals surface area (Å²) in [6, 6.07) is 12.1. The van der Waals surface area contributed by atoms with E-state index in [0.717, 1.165) is 22.9 Å². The molecule has 1 atom stereocenters. The standard InChI is InChI=1S/C14H17BrN4/c15-13-6-2-1-4-10(13)8-12(19-17)9-11-5-3-7-18-14(11)16/h1-7,12,19H,8-9,17H2,(H2,16,18). The SMILES string of the molecule is NNC(Cc1ccccc1Br)Cc1cccnc1N. The smallest absolute Gasteiger partial charge is 0.126 e. The van der Waals surface area contributed by atoms with Gasteiger partial charge in [0.25, 0.3) is 0 Å². The third kappa shape index (κ3) is 3.76. The molecule has 1 aromatic carbocycles. The lowest BCUT2D eigenvalue weighted by molar-refractivity contribution is 0.522. The number of anilines is 1. The van der Waals surface area contributed by atoms with Crippen LogP contribution >= 0.6 is 15.9 Å². The van der Waals surface area contributed by atoms with Gasteiger partial charge in [-0.1, -0.05) is 40.2 Å². The Kier molecular flexibility index (Phi) is 4.90.